The molecule has 1 aliphatic heterocycles. The predicted molar refractivity (Wildman–Crippen MR) is 31.3 cm³/mol. The first-order valence-corrected chi connectivity index (χ1v) is 2.58. The molecule has 0 aromatic rings. The van der Waals surface area contributed by atoms with Crippen LogP contribution in [0.1, 0.15) is 0 Å². The summed E-state index contributed by atoms with van der Waals surface area (Å²) in [4.78, 5) is 12.4. The minimum atomic E-state index is -1.05. The fourth-order valence-corrected chi connectivity index (χ4v) is 0.609. The van der Waals surface area contributed by atoms with Crippen molar-refractivity contribution in [3.8, 4) is 6.19 Å². The first-order valence-electron chi connectivity index (χ1n) is 2.58. The van der Waals surface area contributed by atoms with Crippen LogP contribution in [0.15, 0.2) is 12.4 Å². The Labute approximate surface area is 57.4 Å². The molecule has 1 aliphatic rings. The summed E-state index contributed by atoms with van der Waals surface area (Å²) in [6.07, 6.45) is 3.49. The highest BCUT2D eigenvalue weighted by Gasteiger charge is 2.16. The van der Waals surface area contributed by atoms with Gasteiger partial charge in [0.2, 0.25) is 0 Å². The molecule has 0 bridgehead atoms. The summed E-state index contributed by atoms with van der Waals surface area (Å²) >= 11 is 0. The van der Waals surface area contributed by atoms with Crippen LogP contribution in [0.3, 0.4) is 0 Å². The second-order valence-electron chi connectivity index (χ2n) is 1.76. The van der Waals surface area contributed by atoms with Crippen LogP contribution in [0.4, 0.5) is 4.79 Å². The zero-order valence-corrected chi connectivity index (χ0v) is 5.06. The van der Waals surface area contributed by atoms with Crippen molar-refractivity contribution in [2.24, 2.45) is 0 Å². The zero-order chi connectivity index (χ0) is 7.56. The van der Waals surface area contributed by atoms with Crippen molar-refractivity contribution in [1.82, 2.24) is 9.80 Å². The molecule has 0 fully saturated rings. The van der Waals surface area contributed by atoms with Crippen molar-refractivity contribution >= 4 is 6.09 Å². The number of carbonyl (C=O) groups is 1. The molecule has 10 heavy (non-hydrogen) atoms. The van der Waals surface area contributed by atoms with Gasteiger partial charge in [0.15, 0.2) is 6.19 Å². The second-order valence-corrected chi connectivity index (χ2v) is 1.76. The van der Waals surface area contributed by atoms with Gasteiger partial charge in [-0.15, -0.1) is 0 Å². The first kappa shape index (κ1) is 6.42. The Morgan fingerprint density at radius 1 is 1.70 bits per heavy atom. The molecule has 5 nitrogen and oxygen atoms in total. The summed E-state index contributed by atoms with van der Waals surface area (Å²) in [5.74, 6) is 0. The van der Waals surface area contributed by atoms with E-state index in [4.69, 9.17) is 10.4 Å². The van der Waals surface area contributed by atoms with Crippen LogP contribution in [0.5, 0.6) is 0 Å². The molecule has 1 N–H and O–H groups in total. The van der Waals surface area contributed by atoms with Crippen molar-refractivity contribution in [3.63, 3.8) is 0 Å². The van der Waals surface area contributed by atoms with E-state index < -0.39 is 6.09 Å². The summed E-state index contributed by atoms with van der Waals surface area (Å²) in [6, 6.07) is 0. The molecule has 0 spiro atoms. The number of nitriles is 1. The third-order valence-electron chi connectivity index (χ3n) is 1.11. The molecule has 0 radical (unpaired) electrons. The van der Waals surface area contributed by atoms with Gasteiger partial charge >= 0.3 is 6.09 Å². The van der Waals surface area contributed by atoms with E-state index in [0.717, 1.165) is 4.90 Å². The van der Waals surface area contributed by atoms with Crippen molar-refractivity contribution in [1.29, 1.82) is 5.26 Å². The smallest absolute Gasteiger partial charge is 0.412 e. The molecule has 0 saturated carbocycles. The maximum Gasteiger partial charge on any atom is 0.412 e. The molecular weight excluding hydrogens is 134 g/mol. The van der Waals surface area contributed by atoms with Gasteiger partial charge in [-0.25, -0.2) is 4.79 Å². The lowest BCUT2D eigenvalue weighted by Gasteiger charge is -2.08. The van der Waals surface area contributed by atoms with Crippen LogP contribution in [0.2, 0.25) is 0 Å². The molecule has 0 unspecified atom stereocenters. The summed E-state index contributed by atoms with van der Waals surface area (Å²) in [5.41, 5.74) is 0. The Hall–Kier alpha value is -1.70. The average molecular weight is 139 g/mol. The topological polar surface area (TPSA) is 67.6 Å². The van der Waals surface area contributed by atoms with Crippen LogP contribution in [-0.2, 0) is 0 Å². The number of hydrogen-bond acceptors (Lipinski definition) is 3. The van der Waals surface area contributed by atoms with Crippen LogP contribution < -0.4 is 0 Å². The summed E-state index contributed by atoms with van der Waals surface area (Å²) in [6.45, 7) is 0.103. The van der Waals surface area contributed by atoms with E-state index in [-0.39, 0.29) is 6.67 Å². The number of amides is 1. The van der Waals surface area contributed by atoms with E-state index in [1.54, 1.807) is 6.19 Å². The van der Waals surface area contributed by atoms with Gasteiger partial charge in [0, 0.05) is 12.4 Å². The summed E-state index contributed by atoms with van der Waals surface area (Å²) in [7, 11) is 0. The quantitative estimate of drug-likeness (QED) is 0.486. The van der Waals surface area contributed by atoms with Gasteiger partial charge in [-0.3, -0.25) is 9.80 Å². The Morgan fingerprint density at radius 3 is 2.70 bits per heavy atom. The Bertz CT molecular complexity index is 217. The highest BCUT2D eigenvalue weighted by molar-refractivity contribution is 5.66. The maximum absolute atomic E-state index is 10.2. The van der Waals surface area contributed by atoms with E-state index in [1.165, 1.54) is 17.3 Å². The van der Waals surface area contributed by atoms with E-state index in [0.29, 0.717) is 0 Å². The van der Waals surface area contributed by atoms with E-state index in [9.17, 15) is 4.79 Å². The van der Waals surface area contributed by atoms with Crippen LogP contribution in [0.25, 0.3) is 0 Å². The molecule has 1 rings (SSSR count). The monoisotopic (exact) mass is 139 g/mol. The van der Waals surface area contributed by atoms with Gasteiger partial charge in [0.25, 0.3) is 0 Å². The number of carboxylic acid groups (broad SMARTS) is 1. The molecular formula is C5H5N3O2. The van der Waals surface area contributed by atoms with Gasteiger partial charge in [0.1, 0.15) is 6.67 Å². The lowest BCUT2D eigenvalue weighted by Crippen LogP contribution is -2.26. The van der Waals surface area contributed by atoms with Crippen molar-refractivity contribution in [2.45, 2.75) is 0 Å². The molecule has 0 saturated heterocycles. The van der Waals surface area contributed by atoms with Gasteiger partial charge in [-0.1, -0.05) is 0 Å². The highest BCUT2D eigenvalue weighted by atomic mass is 16.4. The summed E-state index contributed by atoms with van der Waals surface area (Å²) < 4.78 is 0. The largest absolute Gasteiger partial charge is 0.465 e. The van der Waals surface area contributed by atoms with E-state index in [2.05, 4.69) is 0 Å². The molecule has 1 amide bonds. The van der Waals surface area contributed by atoms with E-state index >= 15 is 0 Å². The van der Waals surface area contributed by atoms with Crippen LogP contribution >= 0.6 is 0 Å². The standard InChI is InChI=1S/C5H5N3O2/c6-3-7-1-2-8(4-7)5(9)10/h1-2H,4H2,(H,9,10). The molecule has 52 valence electrons. The number of nitrogens with zero attached hydrogens (tertiary/aromatic N) is 3. The zero-order valence-electron chi connectivity index (χ0n) is 5.06. The SMILES string of the molecule is N#CN1C=CN(C(=O)O)C1. The van der Waals surface area contributed by atoms with Gasteiger partial charge < -0.3 is 5.11 Å². The molecule has 0 aliphatic carbocycles. The number of hydrogen-bond donors (Lipinski definition) is 1. The second kappa shape index (κ2) is 2.27. The predicted octanol–water partition coefficient (Wildman–Crippen LogP) is 0.192. The fraction of sp³-hybridized carbons (Fsp3) is 0.200. The Balaban J connectivity index is 2.55. The average Bonchev–Trinajstić information content (AvgIpc) is 2.34. The lowest BCUT2D eigenvalue weighted by atomic mass is 10.8. The van der Waals surface area contributed by atoms with Gasteiger partial charge in [-0.05, 0) is 0 Å². The Morgan fingerprint density at radius 2 is 2.40 bits per heavy atom. The first-order chi connectivity index (χ1) is 4.74. The third kappa shape index (κ3) is 1.00. The molecule has 0 atom stereocenters. The highest BCUT2D eigenvalue weighted by Crippen LogP contribution is 2.03. The van der Waals surface area contributed by atoms with Crippen LogP contribution in [-0.4, -0.2) is 27.7 Å². The third-order valence-corrected chi connectivity index (χ3v) is 1.11. The number of rotatable bonds is 0. The van der Waals surface area contributed by atoms with E-state index in [1.807, 2.05) is 0 Å². The lowest BCUT2D eigenvalue weighted by molar-refractivity contribution is 0.158. The Kier molecular flexibility index (Phi) is 1.46. The normalized spacial score (nSPS) is 15.5. The van der Waals surface area contributed by atoms with Crippen LogP contribution in [0, 0.1) is 11.5 Å². The minimum Gasteiger partial charge on any atom is -0.465 e. The van der Waals surface area contributed by atoms with Gasteiger partial charge in [-0.2, -0.15) is 5.26 Å². The fourth-order valence-electron chi connectivity index (χ4n) is 0.609. The maximum atomic E-state index is 10.2. The molecule has 1 heterocycles. The van der Waals surface area contributed by atoms with Crippen molar-refractivity contribution < 1.29 is 9.90 Å². The molecule has 0 aromatic carbocycles. The minimum absolute atomic E-state index is 0.103. The van der Waals surface area contributed by atoms with Crippen molar-refractivity contribution in [3.05, 3.63) is 12.4 Å². The molecule has 0 aromatic heterocycles. The molecule has 5 heteroatoms. The van der Waals surface area contributed by atoms with Gasteiger partial charge in [0.05, 0.1) is 0 Å². The van der Waals surface area contributed by atoms with Crippen molar-refractivity contribution in [2.75, 3.05) is 6.67 Å². The summed E-state index contributed by atoms with van der Waals surface area (Å²) in [5, 5.41) is 16.6.